The van der Waals surface area contributed by atoms with Crippen molar-refractivity contribution in [1.82, 2.24) is 4.90 Å². The molecule has 1 heterocycles. The van der Waals surface area contributed by atoms with Crippen LogP contribution in [0.3, 0.4) is 0 Å². The normalized spacial score (nSPS) is 18.5. The molecule has 0 radical (unpaired) electrons. The summed E-state index contributed by atoms with van der Waals surface area (Å²) in [5, 5.41) is 0.501. The van der Waals surface area contributed by atoms with Crippen LogP contribution in [-0.2, 0) is 17.7 Å². The van der Waals surface area contributed by atoms with Gasteiger partial charge in [0.1, 0.15) is 0 Å². The van der Waals surface area contributed by atoms with Crippen LogP contribution >= 0.6 is 11.6 Å². The Morgan fingerprint density at radius 1 is 1.25 bits per heavy atom. The molecule has 2 aromatic carbocycles. The van der Waals surface area contributed by atoms with Gasteiger partial charge in [0.15, 0.2) is 0 Å². The van der Waals surface area contributed by atoms with Gasteiger partial charge in [0.05, 0.1) is 29.3 Å². The highest BCUT2D eigenvalue weighted by Gasteiger charge is 2.38. The Morgan fingerprint density at radius 2 is 2.04 bits per heavy atom. The second kappa shape index (κ2) is 5.64. The largest absolute Gasteiger partial charge is 0.465 e. The number of hydrogen-bond donors (Lipinski definition) is 0. The number of ether oxygens (including phenoxy) is 1. The Bertz CT molecular complexity index is 862. The molecule has 1 aliphatic carbocycles. The molecule has 122 valence electrons. The van der Waals surface area contributed by atoms with Gasteiger partial charge in [-0.05, 0) is 41.7 Å². The molecule has 0 saturated carbocycles. The molecule has 2 aromatic rings. The smallest absolute Gasteiger partial charge is 0.338 e. The number of carbonyl (C=O) groups is 2. The lowest BCUT2D eigenvalue weighted by Gasteiger charge is -2.25. The van der Waals surface area contributed by atoms with Crippen LogP contribution in [0.2, 0.25) is 5.02 Å². The fourth-order valence-electron chi connectivity index (χ4n) is 3.85. The van der Waals surface area contributed by atoms with Crippen LogP contribution in [0.5, 0.6) is 0 Å². The van der Waals surface area contributed by atoms with Crippen molar-refractivity contribution in [2.45, 2.75) is 25.4 Å². The van der Waals surface area contributed by atoms with Crippen molar-refractivity contribution >= 4 is 23.5 Å². The van der Waals surface area contributed by atoms with Crippen molar-refractivity contribution in [2.75, 3.05) is 7.11 Å². The van der Waals surface area contributed by atoms with E-state index < -0.39 is 0 Å². The van der Waals surface area contributed by atoms with Gasteiger partial charge in [0, 0.05) is 6.54 Å². The third kappa shape index (κ3) is 2.13. The molecule has 5 heteroatoms. The zero-order chi connectivity index (χ0) is 16.8. The van der Waals surface area contributed by atoms with Gasteiger partial charge in [0.25, 0.3) is 5.91 Å². The highest BCUT2D eigenvalue weighted by Crippen LogP contribution is 2.42. The van der Waals surface area contributed by atoms with Crippen LogP contribution < -0.4 is 0 Å². The van der Waals surface area contributed by atoms with Crippen LogP contribution in [0, 0.1) is 0 Å². The summed E-state index contributed by atoms with van der Waals surface area (Å²) in [5.41, 5.74) is 4.20. The number of esters is 1. The molecule has 0 saturated heterocycles. The molecule has 2 aliphatic rings. The standard InChI is InChI=1S/C19H16ClNO3/c1-24-19(23)14-6-3-5-13-12(14)8-9-16(13)21-10-11-4-2-7-15(20)17(11)18(21)22/h2-7,16H,8-10H2,1H3. The molecule has 4 nitrogen and oxygen atoms in total. The van der Waals surface area contributed by atoms with Crippen molar-refractivity contribution in [3.8, 4) is 0 Å². The maximum atomic E-state index is 12.8. The maximum absolute atomic E-state index is 12.8. The summed E-state index contributed by atoms with van der Waals surface area (Å²) in [4.78, 5) is 26.7. The van der Waals surface area contributed by atoms with Gasteiger partial charge in [-0.25, -0.2) is 4.79 Å². The van der Waals surface area contributed by atoms with Gasteiger partial charge >= 0.3 is 5.97 Å². The summed E-state index contributed by atoms with van der Waals surface area (Å²) in [6.07, 6.45) is 1.57. The number of rotatable bonds is 2. The van der Waals surface area contributed by atoms with Crippen LogP contribution in [-0.4, -0.2) is 23.9 Å². The van der Waals surface area contributed by atoms with Crippen LogP contribution in [0.25, 0.3) is 0 Å². The molecule has 0 spiro atoms. The summed E-state index contributed by atoms with van der Waals surface area (Å²) >= 11 is 6.21. The second-order valence-corrected chi connectivity index (χ2v) is 6.53. The van der Waals surface area contributed by atoms with E-state index in [1.54, 1.807) is 12.1 Å². The SMILES string of the molecule is COC(=O)c1cccc2c1CCC2N1Cc2cccc(Cl)c2C1=O. The van der Waals surface area contributed by atoms with Gasteiger partial charge in [-0.2, -0.15) is 0 Å². The van der Waals surface area contributed by atoms with E-state index in [9.17, 15) is 9.59 Å². The molecule has 0 bridgehead atoms. The predicted molar refractivity (Wildman–Crippen MR) is 90.2 cm³/mol. The van der Waals surface area contributed by atoms with E-state index >= 15 is 0 Å². The van der Waals surface area contributed by atoms with Crippen molar-refractivity contribution in [2.24, 2.45) is 0 Å². The van der Waals surface area contributed by atoms with Gasteiger partial charge in [-0.3, -0.25) is 4.79 Å². The monoisotopic (exact) mass is 341 g/mol. The Labute approximate surface area is 145 Å². The molecule has 4 rings (SSSR count). The zero-order valence-electron chi connectivity index (χ0n) is 13.2. The Balaban J connectivity index is 1.72. The molecular weight excluding hydrogens is 326 g/mol. The predicted octanol–water partition coefficient (Wildman–Crippen LogP) is 3.77. The van der Waals surface area contributed by atoms with Crippen molar-refractivity contribution < 1.29 is 14.3 Å². The first-order valence-corrected chi connectivity index (χ1v) is 8.28. The third-order valence-electron chi connectivity index (χ3n) is 4.94. The van der Waals surface area contributed by atoms with E-state index in [1.807, 2.05) is 29.2 Å². The van der Waals surface area contributed by atoms with Crippen molar-refractivity contribution in [3.63, 3.8) is 0 Å². The quantitative estimate of drug-likeness (QED) is 0.781. The molecule has 0 N–H and O–H groups in total. The number of methoxy groups -OCH3 is 1. The Hall–Kier alpha value is -2.33. The van der Waals surface area contributed by atoms with Gasteiger partial charge < -0.3 is 9.64 Å². The van der Waals surface area contributed by atoms with Crippen molar-refractivity contribution in [1.29, 1.82) is 0 Å². The van der Waals surface area contributed by atoms with E-state index in [0.717, 1.165) is 29.5 Å². The topological polar surface area (TPSA) is 46.6 Å². The summed E-state index contributed by atoms with van der Waals surface area (Å²) in [5.74, 6) is -0.358. The highest BCUT2D eigenvalue weighted by atomic mass is 35.5. The zero-order valence-corrected chi connectivity index (χ0v) is 14.0. The van der Waals surface area contributed by atoms with Crippen molar-refractivity contribution in [3.05, 3.63) is 69.2 Å². The second-order valence-electron chi connectivity index (χ2n) is 6.13. The maximum Gasteiger partial charge on any atom is 0.338 e. The molecule has 24 heavy (non-hydrogen) atoms. The van der Waals surface area contributed by atoms with E-state index in [-0.39, 0.29) is 17.9 Å². The van der Waals surface area contributed by atoms with E-state index in [0.29, 0.717) is 22.7 Å². The molecule has 1 amide bonds. The average molecular weight is 342 g/mol. The van der Waals surface area contributed by atoms with E-state index in [2.05, 4.69) is 0 Å². The van der Waals surface area contributed by atoms with Gasteiger partial charge in [0.2, 0.25) is 0 Å². The van der Waals surface area contributed by atoms with Crippen LogP contribution in [0.15, 0.2) is 36.4 Å². The lowest BCUT2D eigenvalue weighted by atomic mass is 10.0. The minimum atomic E-state index is -0.327. The number of fused-ring (bicyclic) bond motifs is 2. The minimum Gasteiger partial charge on any atom is -0.465 e. The summed E-state index contributed by atoms with van der Waals surface area (Å²) in [7, 11) is 1.39. The highest BCUT2D eigenvalue weighted by molar-refractivity contribution is 6.34. The summed E-state index contributed by atoms with van der Waals surface area (Å²) in [6.45, 7) is 0.557. The number of halogens is 1. The molecule has 0 aromatic heterocycles. The molecule has 0 fully saturated rings. The fraction of sp³-hybridized carbons (Fsp3) is 0.263. The average Bonchev–Trinajstić information content (AvgIpc) is 3.16. The molecule has 1 atom stereocenters. The summed E-state index contributed by atoms with van der Waals surface area (Å²) in [6, 6.07) is 11.2. The number of hydrogen-bond acceptors (Lipinski definition) is 3. The Morgan fingerprint density at radius 3 is 2.79 bits per heavy atom. The first kappa shape index (κ1) is 15.2. The Kier molecular flexibility index (Phi) is 3.57. The fourth-order valence-corrected chi connectivity index (χ4v) is 4.12. The van der Waals surface area contributed by atoms with E-state index in [4.69, 9.17) is 16.3 Å². The number of carbonyl (C=O) groups excluding carboxylic acids is 2. The molecular formula is C19H16ClNO3. The minimum absolute atomic E-state index is 0.0272. The van der Waals surface area contributed by atoms with Crippen LogP contribution in [0.1, 0.15) is 49.9 Å². The third-order valence-corrected chi connectivity index (χ3v) is 5.25. The first-order valence-electron chi connectivity index (χ1n) is 7.90. The molecule has 1 aliphatic heterocycles. The number of benzene rings is 2. The summed E-state index contributed by atoms with van der Waals surface area (Å²) < 4.78 is 4.87. The van der Waals surface area contributed by atoms with E-state index in [1.165, 1.54) is 7.11 Å². The number of amides is 1. The number of nitrogens with zero attached hydrogens (tertiary/aromatic N) is 1. The van der Waals surface area contributed by atoms with Crippen LogP contribution in [0.4, 0.5) is 0 Å². The van der Waals surface area contributed by atoms with Gasteiger partial charge in [-0.1, -0.05) is 35.9 Å². The molecule has 1 unspecified atom stereocenters. The first-order chi connectivity index (χ1) is 11.6. The lowest BCUT2D eigenvalue weighted by molar-refractivity contribution is 0.0599. The van der Waals surface area contributed by atoms with Gasteiger partial charge in [-0.15, -0.1) is 0 Å². The lowest BCUT2D eigenvalue weighted by Crippen LogP contribution is -2.28.